The van der Waals surface area contributed by atoms with Crippen molar-refractivity contribution in [2.75, 3.05) is 26.8 Å². The Labute approximate surface area is 171 Å². The fourth-order valence-electron chi connectivity index (χ4n) is 4.39. The molecule has 0 atom stereocenters. The van der Waals surface area contributed by atoms with Crippen LogP contribution in [0.3, 0.4) is 0 Å². The lowest BCUT2D eigenvalue weighted by Crippen LogP contribution is -2.39. The average Bonchev–Trinajstić information content (AvgIpc) is 3.35. The normalized spacial score (nSPS) is 15.3. The van der Waals surface area contributed by atoms with Crippen LogP contribution in [0.1, 0.15) is 41.1 Å². The summed E-state index contributed by atoms with van der Waals surface area (Å²) in [4.78, 5) is 22.9. The van der Waals surface area contributed by atoms with Crippen LogP contribution < -0.4 is 0 Å². The van der Waals surface area contributed by atoms with Crippen LogP contribution in [0.5, 0.6) is 0 Å². The molecule has 0 spiro atoms. The molecular weight excluding hydrogens is 364 g/mol. The SMILES string of the molecule is COCCCn1c(C)cnc1CC1CCN(C(=O)c2cccc3[nH]ccc23)CC1. The van der Waals surface area contributed by atoms with Crippen LogP contribution >= 0.6 is 0 Å². The molecule has 0 unspecified atom stereocenters. The number of fused-ring (bicyclic) bond motifs is 1. The number of methoxy groups -OCH3 is 1. The van der Waals surface area contributed by atoms with Crippen molar-refractivity contribution in [1.29, 1.82) is 0 Å². The lowest BCUT2D eigenvalue weighted by atomic mass is 9.92. The number of amides is 1. The Morgan fingerprint density at radius 2 is 2.10 bits per heavy atom. The molecule has 6 heteroatoms. The lowest BCUT2D eigenvalue weighted by Gasteiger charge is -2.32. The minimum Gasteiger partial charge on any atom is -0.385 e. The first kappa shape index (κ1) is 19.7. The molecule has 6 nitrogen and oxygen atoms in total. The molecule has 1 amide bonds. The van der Waals surface area contributed by atoms with Gasteiger partial charge in [-0.1, -0.05) is 6.07 Å². The van der Waals surface area contributed by atoms with Crippen molar-refractivity contribution in [3.63, 3.8) is 0 Å². The Morgan fingerprint density at radius 3 is 2.90 bits per heavy atom. The highest BCUT2D eigenvalue weighted by atomic mass is 16.5. The predicted octanol–water partition coefficient (Wildman–Crippen LogP) is 3.80. The van der Waals surface area contributed by atoms with E-state index in [1.165, 1.54) is 11.5 Å². The van der Waals surface area contributed by atoms with E-state index in [-0.39, 0.29) is 5.91 Å². The van der Waals surface area contributed by atoms with E-state index in [0.29, 0.717) is 5.92 Å². The van der Waals surface area contributed by atoms with Crippen LogP contribution in [0.15, 0.2) is 36.7 Å². The maximum Gasteiger partial charge on any atom is 0.254 e. The van der Waals surface area contributed by atoms with Gasteiger partial charge < -0.3 is 19.2 Å². The summed E-state index contributed by atoms with van der Waals surface area (Å²) in [6.45, 7) is 5.46. The number of aromatic amines is 1. The van der Waals surface area contributed by atoms with Gasteiger partial charge in [0.2, 0.25) is 0 Å². The Morgan fingerprint density at radius 1 is 1.28 bits per heavy atom. The molecule has 2 aromatic heterocycles. The van der Waals surface area contributed by atoms with E-state index in [2.05, 4.69) is 21.5 Å². The minimum absolute atomic E-state index is 0.144. The highest BCUT2D eigenvalue weighted by Crippen LogP contribution is 2.25. The number of hydrogen-bond donors (Lipinski definition) is 1. The molecule has 3 heterocycles. The molecule has 1 fully saturated rings. The second-order valence-corrected chi connectivity index (χ2v) is 8.00. The van der Waals surface area contributed by atoms with Gasteiger partial charge in [-0.05, 0) is 50.3 Å². The average molecular weight is 395 g/mol. The van der Waals surface area contributed by atoms with Gasteiger partial charge in [0.15, 0.2) is 0 Å². The Bertz CT molecular complexity index is 966. The molecular formula is C23H30N4O2. The number of rotatable bonds is 7. The first-order valence-electron chi connectivity index (χ1n) is 10.5. The fourth-order valence-corrected chi connectivity index (χ4v) is 4.39. The Balaban J connectivity index is 1.36. The summed E-state index contributed by atoms with van der Waals surface area (Å²) < 4.78 is 7.51. The zero-order valence-corrected chi connectivity index (χ0v) is 17.4. The van der Waals surface area contributed by atoms with Crippen LogP contribution in [-0.4, -0.2) is 52.1 Å². The van der Waals surface area contributed by atoms with Gasteiger partial charge in [-0.25, -0.2) is 4.98 Å². The summed E-state index contributed by atoms with van der Waals surface area (Å²) >= 11 is 0. The van der Waals surface area contributed by atoms with Crippen molar-refractivity contribution in [2.24, 2.45) is 5.92 Å². The number of benzene rings is 1. The van der Waals surface area contributed by atoms with Crippen LogP contribution in [-0.2, 0) is 17.7 Å². The molecule has 1 aromatic carbocycles. The number of nitrogens with zero attached hydrogens (tertiary/aromatic N) is 3. The van der Waals surface area contributed by atoms with Crippen LogP contribution in [0.25, 0.3) is 10.9 Å². The van der Waals surface area contributed by atoms with E-state index in [1.54, 1.807) is 7.11 Å². The summed E-state index contributed by atoms with van der Waals surface area (Å²) in [7, 11) is 1.74. The lowest BCUT2D eigenvalue weighted by molar-refractivity contribution is 0.0691. The van der Waals surface area contributed by atoms with Crippen molar-refractivity contribution in [1.82, 2.24) is 19.4 Å². The molecule has 0 saturated carbocycles. The summed E-state index contributed by atoms with van der Waals surface area (Å²) in [6.07, 6.45) is 7.90. The number of carbonyl (C=O) groups is 1. The largest absolute Gasteiger partial charge is 0.385 e. The van der Waals surface area contributed by atoms with E-state index < -0.39 is 0 Å². The number of aromatic nitrogens is 3. The van der Waals surface area contributed by atoms with Gasteiger partial charge in [0, 0.05) is 74.3 Å². The molecule has 0 aliphatic carbocycles. The van der Waals surface area contributed by atoms with E-state index in [9.17, 15) is 4.79 Å². The van der Waals surface area contributed by atoms with E-state index in [1.807, 2.05) is 41.6 Å². The standard InChI is InChI=1S/C23H30N4O2/c1-17-16-25-22(27(17)11-4-14-29-2)15-18-8-12-26(13-9-18)23(28)20-5-3-6-21-19(20)7-10-24-21/h3,5-7,10,16,18,24H,4,8-9,11-15H2,1-2H3. The second-order valence-electron chi connectivity index (χ2n) is 8.00. The van der Waals surface area contributed by atoms with Gasteiger partial charge in [-0.15, -0.1) is 0 Å². The maximum absolute atomic E-state index is 13.1. The smallest absolute Gasteiger partial charge is 0.254 e. The monoisotopic (exact) mass is 394 g/mol. The molecule has 29 heavy (non-hydrogen) atoms. The third-order valence-electron chi connectivity index (χ3n) is 6.07. The number of H-pyrrole nitrogens is 1. The first-order chi connectivity index (χ1) is 14.2. The number of ether oxygens (including phenoxy) is 1. The summed E-state index contributed by atoms with van der Waals surface area (Å²) in [5, 5.41) is 1.01. The molecule has 3 aromatic rings. The number of nitrogens with one attached hydrogen (secondary N) is 1. The van der Waals surface area contributed by atoms with Crippen molar-refractivity contribution >= 4 is 16.8 Å². The van der Waals surface area contributed by atoms with E-state index in [4.69, 9.17) is 4.74 Å². The minimum atomic E-state index is 0.144. The maximum atomic E-state index is 13.1. The summed E-state index contributed by atoms with van der Waals surface area (Å²) in [5.74, 6) is 1.89. The van der Waals surface area contributed by atoms with Gasteiger partial charge in [0.05, 0.1) is 0 Å². The number of aryl methyl sites for hydroxylation is 1. The zero-order valence-electron chi connectivity index (χ0n) is 17.4. The second kappa shape index (κ2) is 8.82. The van der Waals surface area contributed by atoms with Crippen LogP contribution in [0, 0.1) is 12.8 Å². The third kappa shape index (κ3) is 4.22. The van der Waals surface area contributed by atoms with Crippen LogP contribution in [0.2, 0.25) is 0 Å². The topological polar surface area (TPSA) is 63.1 Å². The molecule has 1 saturated heterocycles. The van der Waals surface area contributed by atoms with Crippen molar-refractivity contribution in [2.45, 2.75) is 39.2 Å². The third-order valence-corrected chi connectivity index (χ3v) is 6.07. The summed E-state index contributed by atoms with van der Waals surface area (Å²) in [5.41, 5.74) is 3.02. The Hall–Kier alpha value is -2.60. The van der Waals surface area contributed by atoms with E-state index >= 15 is 0 Å². The molecule has 4 rings (SSSR count). The molecule has 0 bridgehead atoms. The van der Waals surface area contributed by atoms with E-state index in [0.717, 1.165) is 68.4 Å². The highest BCUT2D eigenvalue weighted by molar-refractivity contribution is 6.06. The fraction of sp³-hybridized carbons (Fsp3) is 0.478. The quantitative estimate of drug-likeness (QED) is 0.620. The molecule has 154 valence electrons. The first-order valence-corrected chi connectivity index (χ1v) is 10.5. The molecule has 0 radical (unpaired) electrons. The van der Waals surface area contributed by atoms with Crippen molar-refractivity contribution < 1.29 is 9.53 Å². The van der Waals surface area contributed by atoms with Gasteiger partial charge in [0.1, 0.15) is 5.82 Å². The van der Waals surface area contributed by atoms with Crippen molar-refractivity contribution in [3.8, 4) is 0 Å². The molecule has 1 aliphatic rings. The van der Waals surface area contributed by atoms with Gasteiger partial charge >= 0.3 is 0 Å². The number of carbonyl (C=O) groups excluding carboxylic acids is 1. The van der Waals surface area contributed by atoms with Gasteiger partial charge in [0.25, 0.3) is 5.91 Å². The zero-order chi connectivity index (χ0) is 20.2. The highest BCUT2D eigenvalue weighted by Gasteiger charge is 2.26. The van der Waals surface area contributed by atoms with Crippen molar-refractivity contribution in [3.05, 3.63) is 53.7 Å². The van der Waals surface area contributed by atoms with Gasteiger partial charge in [-0.3, -0.25) is 4.79 Å². The summed E-state index contributed by atoms with van der Waals surface area (Å²) in [6, 6.07) is 7.88. The van der Waals surface area contributed by atoms with Gasteiger partial charge in [-0.2, -0.15) is 0 Å². The number of piperidine rings is 1. The predicted molar refractivity (Wildman–Crippen MR) is 114 cm³/mol. The van der Waals surface area contributed by atoms with Crippen LogP contribution in [0.4, 0.5) is 0 Å². The molecule has 1 N–H and O–H groups in total. The number of imidazole rings is 1. The number of likely N-dealkylation sites (tertiary alicyclic amines) is 1. The number of hydrogen-bond acceptors (Lipinski definition) is 3. The molecule has 1 aliphatic heterocycles. The Kier molecular flexibility index (Phi) is 6.00.